The third-order valence-corrected chi connectivity index (χ3v) is 5.26. The van der Waals surface area contributed by atoms with E-state index in [1.165, 1.54) is 17.4 Å². The van der Waals surface area contributed by atoms with Gasteiger partial charge in [0.05, 0.1) is 16.3 Å². The zero-order valence-electron chi connectivity index (χ0n) is 15.4. The second-order valence-electron chi connectivity index (χ2n) is 6.37. The lowest BCUT2D eigenvalue weighted by Gasteiger charge is -2.18. The Morgan fingerprint density at radius 2 is 2.19 bits per heavy atom. The van der Waals surface area contributed by atoms with Crippen LogP contribution in [0.2, 0.25) is 0 Å². The first-order chi connectivity index (χ1) is 13.0. The Labute approximate surface area is 161 Å². The molecule has 1 aliphatic rings. The maximum absolute atomic E-state index is 13.2. The molecule has 1 aliphatic heterocycles. The number of aromatic nitrogens is 2. The minimum absolute atomic E-state index is 0.0684. The molecule has 0 aliphatic carbocycles. The zero-order valence-corrected chi connectivity index (χ0v) is 16.2. The Morgan fingerprint density at radius 3 is 2.85 bits per heavy atom. The van der Waals surface area contributed by atoms with Crippen molar-refractivity contribution in [3.63, 3.8) is 0 Å². The molecule has 8 heteroatoms. The summed E-state index contributed by atoms with van der Waals surface area (Å²) in [5.41, 5.74) is 1.74. The van der Waals surface area contributed by atoms with Crippen LogP contribution in [0, 0.1) is 0 Å². The molecule has 3 rings (SSSR count). The molecule has 142 valence electrons. The molecule has 27 heavy (non-hydrogen) atoms. The largest absolute Gasteiger partial charge is 0.348 e. The van der Waals surface area contributed by atoms with Crippen molar-refractivity contribution >= 4 is 39.6 Å². The van der Waals surface area contributed by atoms with Crippen molar-refractivity contribution in [1.29, 1.82) is 0 Å². The van der Waals surface area contributed by atoms with Crippen LogP contribution in [0.15, 0.2) is 40.5 Å². The van der Waals surface area contributed by atoms with Crippen molar-refractivity contribution in [2.24, 2.45) is 4.99 Å². The maximum Gasteiger partial charge on any atom is 0.274 e. The molecule has 0 aromatic carbocycles. The van der Waals surface area contributed by atoms with Gasteiger partial charge in [0, 0.05) is 26.4 Å². The van der Waals surface area contributed by atoms with Crippen LogP contribution >= 0.6 is 11.3 Å². The monoisotopic (exact) mass is 387 g/mol. The highest BCUT2D eigenvalue weighted by Crippen LogP contribution is 2.26. The van der Waals surface area contributed by atoms with Crippen LogP contribution in [0.5, 0.6) is 0 Å². The summed E-state index contributed by atoms with van der Waals surface area (Å²) in [7, 11) is 1.61. The van der Waals surface area contributed by atoms with Gasteiger partial charge in [0.25, 0.3) is 5.91 Å². The van der Waals surface area contributed by atoms with Crippen molar-refractivity contribution in [1.82, 2.24) is 14.9 Å². The molecule has 0 spiro atoms. The molecule has 3 heterocycles. The Hall–Kier alpha value is -2.61. The van der Waals surface area contributed by atoms with E-state index in [1.54, 1.807) is 13.3 Å². The number of thiophene rings is 1. The third kappa shape index (κ3) is 4.39. The average Bonchev–Trinajstić information content (AvgIpc) is 3.31. The van der Waals surface area contributed by atoms with Crippen LogP contribution in [0.4, 0.5) is 10.3 Å². The van der Waals surface area contributed by atoms with Crippen LogP contribution < -0.4 is 5.32 Å². The van der Waals surface area contributed by atoms with Crippen molar-refractivity contribution in [2.45, 2.75) is 25.8 Å². The second kappa shape index (κ2) is 8.39. The fourth-order valence-electron chi connectivity index (χ4n) is 3.02. The summed E-state index contributed by atoms with van der Waals surface area (Å²) in [4.78, 5) is 27.7. The summed E-state index contributed by atoms with van der Waals surface area (Å²) in [6.45, 7) is 6.63. The highest BCUT2D eigenvalue weighted by atomic mass is 32.1. The van der Waals surface area contributed by atoms with E-state index in [0.717, 1.165) is 36.1 Å². The summed E-state index contributed by atoms with van der Waals surface area (Å²) in [6, 6.07) is 1.55. The first-order valence-corrected chi connectivity index (χ1v) is 9.66. The fourth-order valence-corrected chi connectivity index (χ4v) is 3.84. The molecule has 1 N–H and O–H groups in total. The maximum atomic E-state index is 13.2. The smallest absolute Gasteiger partial charge is 0.274 e. The molecule has 2 aromatic rings. The van der Waals surface area contributed by atoms with Gasteiger partial charge in [0.2, 0.25) is 5.95 Å². The first kappa shape index (κ1) is 19.2. The van der Waals surface area contributed by atoms with Crippen LogP contribution in [0.25, 0.3) is 10.2 Å². The van der Waals surface area contributed by atoms with Crippen molar-refractivity contribution < 1.29 is 9.18 Å². The van der Waals surface area contributed by atoms with E-state index in [2.05, 4.69) is 26.9 Å². The number of likely N-dealkylation sites (tertiary alicyclic amines) is 1. The molecular formula is C19H22FN5OS. The van der Waals surface area contributed by atoms with E-state index in [-0.39, 0.29) is 11.9 Å². The molecule has 0 unspecified atom stereocenters. The predicted octanol–water partition coefficient (Wildman–Crippen LogP) is 3.84. The topological polar surface area (TPSA) is 70.5 Å². The number of aliphatic imine (C=N–C) groups is 1. The number of nitrogens with one attached hydrogen (secondary N) is 1. The van der Waals surface area contributed by atoms with Crippen LogP contribution in [0.1, 0.15) is 30.3 Å². The number of carbonyl (C=O) groups excluding carboxylic acids is 1. The summed E-state index contributed by atoms with van der Waals surface area (Å²) in [6.07, 6.45) is 4.90. The third-order valence-electron chi connectivity index (χ3n) is 4.35. The van der Waals surface area contributed by atoms with Gasteiger partial charge in [-0.2, -0.15) is 0 Å². The molecule has 1 atom stereocenters. The molecule has 0 bridgehead atoms. The number of carbonyl (C=O) groups is 1. The number of amides is 1. The van der Waals surface area contributed by atoms with Crippen molar-refractivity contribution in [2.75, 3.05) is 25.5 Å². The molecule has 2 aromatic heterocycles. The standard InChI is InChI=1S/C19H22FN5OS/c1-12(20)10-14(11-21-3)13(2)22-19-23-15-6-9-27-17(15)16(24-19)18(26)25-7-4-5-8-25/h6,9-11,13H,1,4-5,7-8H2,2-3H3,(H,22,23,24)/b14-10+,21-11?/t13-/m0/s1. The molecule has 0 saturated carbocycles. The van der Waals surface area contributed by atoms with E-state index >= 15 is 0 Å². The van der Waals surface area contributed by atoms with Gasteiger partial charge in [0.15, 0.2) is 5.69 Å². The van der Waals surface area contributed by atoms with Gasteiger partial charge in [-0.25, -0.2) is 14.4 Å². The van der Waals surface area contributed by atoms with Crippen LogP contribution in [-0.4, -0.2) is 53.2 Å². The summed E-state index contributed by atoms with van der Waals surface area (Å²) < 4.78 is 14.0. The zero-order chi connectivity index (χ0) is 19.4. The molecule has 1 saturated heterocycles. The lowest BCUT2D eigenvalue weighted by Crippen LogP contribution is -2.29. The lowest BCUT2D eigenvalue weighted by molar-refractivity contribution is 0.0789. The highest BCUT2D eigenvalue weighted by molar-refractivity contribution is 7.17. The van der Waals surface area contributed by atoms with Gasteiger partial charge in [-0.15, -0.1) is 11.3 Å². The van der Waals surface area contributed by atoms with E-state index in [4.69, 9.17) is 0 Å². The molecule has 1 amide bonds. The Balaban J connectivity index is 1.93. The minimum Gasteiger partial charge on any atom is -0.348 e. The summed E-state index contributed by atoms with van der Waals surface area (Å²) in [5.74, 6) is -0.297. The predicted molar refractivity (Wildman–Crippen MR) is 108 cm³/mol. The van der Waals surface area contributed by atoms with Gasteiger partial charge < -0.3 is 10.2 Å². The Kier molecular flexibility index (Phi) is 5.95. The fraction of sp³-hybridized carbons (Fsp3) is 0.368. The number of fused-ring (bicyclic) bond motifs is 1. The van der Waals surface area contributed by atoms with E-state index in [9.17, 15) is 9.18 Å². The van der Waals surface area contributed by atoms with Crippen LogP contribution in [-0.2, 0) is 0 Å². The SMILES string of the molecule is C=C(F)/C=C(\C=NC)[C@H](C)Nc1nc(C(=O)N2CCCC2)c2sccc2n1. The molecular weight excluding hydrogens is 365 g/mol. The van der Waals surface area contributed by atoms with E-state index < -0.39 is 5.83 Å². The van der Waals surface area contributed by atoms with Crippen LogP contribution in [0.3, 0.4) is 0 Å². The average molecular weight is 387 g/mol. The van der Waals surface area contributed by atoms with Crippen molar-refractivity contribution in [3.8, 4) is 0 Å². The minimum atomic E-state index is -0.558. The van der Waals surface area contributed by atoms with E-state index in [1.807, 2.05) is 23.3 Å². The number of nitrogens with zero attached hydrogens (tertiary/aromatic N) is 4. The number of hydrogen-bond acceptors (Lipinski definition) is 6. The van der Waals surface area contributed by atoms with Gasteiger partial charge in [-0.05, 0) is 42.9 Å². The Morgan fingerprint density at radius 1 is 1.44 bits per heavy atom. The number of halogens is 1. The molecule has 1 fully saturated rings. The molecule has 0 radical (unpaired) electrons. The second-order valence-corrected chi connectivity index (χ2v) is 7.29. The highest BCUT2D eigenvalue weighted by Gasteiger charge is 2.24. The molecule has 6 nitrogen and oxygen atoms in total. The number of allylic oxidation sites excluding steroid dienone is 2. The Bertz CT molecular complexity index is 914. The van der Waals surface area contributed by atoms with Gasteiger partial charge in [0.1, 0.15) is 5.83 Å². The van der Waals surface area contributed by atoms with Gasteiger partial charge in [-0.3, -0.25) is 9.79 Å². The number of hydrogen-bond donors (Lipinski definition) is 1. The quantitative estimate of drug-likeness (QED) is 0.604. The van der Waals surface area contributed by atoms with Gasteiger partial charge in [-0.1, -0.05) is 6.58 Å². The number of rotatable bonds is 6. The van der Waals surface area contributed by atoms with Crippen molar-refractivity contribution in [3.05, 3.63) is 41.2 Å². The summed E-state index contributed by atoms with van der Waals surface area (Å²) in [5, 5.41) is 5.04. The normalized spacial score (nSPS) is 16.3. The lowest BCUT2D eigenvalue weighted by atomic mass is 10.1. The van der Waals surface area contributed by atoms with E-state index in [0.29, 0.717) is 17.2 Å². The van der Waals surface area contributed by atoms with Gasteiger partial charge >= 0.3 is 0 Å². The summed E-state index contributed by atoms with van der Waals surface area (Å²) >= 11 is 1.46. The number of anilines is 1. The first-order valence-electron chi connectivity index (χ1n) is 8.79.